The van der Waals surface area contributed by atoms with E-state index in [1.165, 1.54) is 11.2 Å². The van der Waals surface area contributed by atoms with Crippen LogP contribution in [0.3, 0.4) is 0 Å². The van der Waals surface area contributed by atoms with Gasteiger partial charge in [-0.3, -0.25) is 0 Å². The molecule has 0 amide bonds. The third-order valence-electron chi connectivity index (χ3n) is 4.78. The molecule has 0 saturated heterocycles. The minimum atomic E-state index is -1.17. The fourth-order valence-electron chi connectivity index (χ4n) is 4.10. The van der Waals surface area contributed by atoms with E-state index < -0.39 is 16.1 Å². The summed E-state index contributed by atoms with van der Waals surface area (Å²) in [6, 6.07) is 5.10. The molecule has 98 valence electrons. The van der Waals surface area contributed by atoms with Gasteiger partial charge in [-0.15, -0.1) is 0 Å². The number of hydrogen-bond acceptors (Lipinski definition) is 1. The fraction of sp³-hybridized carbons (Fsp3) is 0.600. The lowest BCUT2D eigenvalue weighted by molar-refractivity contribution is 0.0952. The highest BCUT2D eigenvalue weighted by molar-refractivity contribution is 7.14. The number of ether oxygens (including phenoxy) is 1. The van der Waals surface area contributed by atoms with Gasteiger partial charge in [0.2, 0.25) is 0 Å². The third-order valence-corrected chi connectivity index (χ3v) is 15.8. The first kappa shape index (κ1) is 12.6. The zero-order valence-corrected chi connectivity index (χ0v) is 14.3. The summed E-state index contributed by atoms with van der Waals surface area (Å²) in [7, 11) is -2.34. The Morgan fingerprint density at radius 1 is 1.06 bits per heavy atom. The molecule has 0 aliphatic carbocycles. The standard InChI is InChI=1S/C15H24OSi2/c1-11-8-16-9-12-6-14-15(7-13(11)12)18(4,5)10-17(14,2)3/h6-7,11H,8-10H2,1-5H3/t11-/m1/s1. The molecule has 0 fully saturated rings. The van der Waals surface area contributed by atoms with Crippen molar-refractivity contribution in [2.75, 3.05) is 6.61 Å². The summed E-state index contributed by atoms with van der Waals surface area (Å²) in [5, 5.41) is 3.52. The van der Waals surface area contributed by atoms with E-state index in [1.54, 1.807) is 15.9 Å². The Labute approximate surface area is 113 Å². The van der Waals surface area contributed by atoms with E-state index in [2.05, 4.69) is 45.2 Å². The predicted molar refractivity (Wildman–Crippen MR) is 83.6 cm³/mol. The van der Waals surface area contributed by atoms with E-state index in [0.717, 1.165) is 13.2 Å². The van der Waals surface area contributed by atoms with Crippen LogP contribution in [0.4, 0.5) is 0 Å². The molecule has 1 nitrogen and oxygen atoms in total. The summed E-state index contributed by atoms with van der Waals surface area (Å²) in [6.45, 7) is 14.2. The van der Waals surface area contributed by atoms with E-state index in [4.69, 9.17) is 4.74 Å². The smallest absolute Gasteiger partial charge is 0.0782 e. The molecule has 1 aromatic carbocycles. The highest BCUT2D eigenvalue weighted by Gasteiger charge is 2.45. The average Bonchev–Trinajstić information content (AvgIpc) is 2.43. The Morgan fingerprint density at radius 2 is 1.67 bits per heavy atom. The predicted octanol–water partition coefficient (Wildman–Crippen LogP) is 2.70. The second-order valence-electron chi connectivity index (χ2n) is 7.46. The molecule has 2 aliphatic rings. The Hall–Kier alpha value is -0.386. The SMILES string of the molecule is C[C@@H]1COCc2cc3c(cc21)[Si](C)(C)C[Si]3(C)C. The van der Waals surface area contributed by atoms with Crippen LogP contribution in [0.25, 0.3) is 0 Å². The molecule has 0 bridgehead atoms. The van der Waals surface area contributed by atoms with E-state index in [1.807, 2.05) is 0 Å². The van der Waals surface area contributed by atoms with Gasteiger partial charge in [0.25, 0.3) is 0 Å². The van der Waals surface area contributed by atoms with Crippen LogP contribution in [0.15, 0.2) is 12.1 Å². The molecule has 2 heterocycles. The monoisotopic (exact) mass is 276 g/mol. The van der Waals surface area contributed by atoms with Crippen LogP contribution in [0.2, 0.25) is 31.9 Å². The highest BCUT2D eigenvalue weighted by atomic mass is 28.4. The molecule has 3 heteroatoms. The Bertz CT molecular complexity index is 505. The molecule has 1 aromatic rings. The van der Waals surface area contributed by atoms with Crippen molar-refractivity contribution in [2.24, 2.45) is 0 Å². The number of fused-ring (bicyclic) bond motifs is 2. The lowest BCUT2D eigenvalue weighted by atomic mass is 9.95. The normalized spacial score (nSPS) is 27.7. The number of rotatable bonds is 0. The van der Waals surface area contributed by atoms with Crippen molar-refractivity contribution < 1.29 is 4.74 Å². The van der Waals surface area contributed by atoms with Crippen molar-refractivity contribution in [1.29, 1.82) is 0 Å². The van der Waals surface area contributed by atoms with Gasteiger partial charge < -0.3 is 4.74 Å². The molecule has 0 saturated carbocycles. The molecule has 2 aliphatic heterocycles. The van der Waals surface area contributed by atoms with Crippen LogP contribution in [0, 0.1) is 0 Å². The first-order chi connectivity index (χ1) is 8.31. The topological polar surface area (TPSA) is 9.23 Å². The zero-order valence-electron chi connectivity index (χ0n) is 12.3. The van der Waals surface area contributed by atoms with Crippen molar-refractivity contribution in [3.8, 4) is 0 Å². The highest BCUT2D eigenvalue weighted by Crippen LogP contribution is 2.31. The van der Waals surface area contributed by atoms with Gasteiger partial charge >= 0.3 is 0 Å². The lowest BCUT2D eigenvalue weighted by Gasteiger charge is -2.26. The third kappa shape index (κ3) is 1.75. The van der Waals surface area contributed by atoms with E-state index in [-0.39, 0.29) is 0 Å². The molecular formula is C15H24OSi2. The van der Waals surface area contributed by atoms with E-state index >= 15 is 0 Å². The average molecular weight is 277 g/mol. The van der Waals surface area contributed by atoms with Crippen molar-refractivity contribution in [2.45, 2.75) is 51.3 Å². The van der Waals surface area contributed by atoms with Crippen LogP contribution in [-0.2, 0) is 11.3 Å². The summed E-state index contributed by atoms with van der Waals surface area (Å²) in [4.78, 5) is 0. The maximum absolute atomic E-state index is 5.71. The van der Waals surface area contributed by atoms with Crippen molar-refractivity contribution in [3.63, 3.8) is 0 Å². The molecule has 0 aromatic heterocycles. The summed E-state index contributed by atoms with van der Waals surface area (Å²) in [5.74, 6) is 0.578. The van der Waals surface area contributed by atoms with Gasteiger partial charge in [0.1, 0.15) is 0 Å². The second-order valence-corrected chi connectivity index (χ2v) is 17.5. The van der Waals surface area contributed by atoms with Gasteiger partial charge in [-0.2, -0.15) is 0 Å². The molecule has 18 heavy (non-hydrogen) atoms. The van der Waals surface area contributed by atoms with Crippen LogP contribution in [0.1, 0.15) is 24.0 Å². The minimum Gasteiger partial charge on any atom is -0.376 e. The molecule has 3 rings (SSSR count). The van der Waals surface area contributed by atoms with E-state index in [9.17, 15) is 0 Å². The van der Waals surface area contributed by atoms with Crippen molar-refractivity contribution in [3.05, 3.63) is 23.3 Å². The molecule has 0 radical (unpaired) electrons. The maximum atomic E-state index is 5.71. The zero-order chi connectivity index (χ0) is 13.1. The number of hydrogen-bond donors (Lipinski definition) is 0. The molecule has 1 atom stereocenters. The van der Waals surface area contributed by atoms with Crippen LogP contribution < -0.4 is 10.4 Å². The van der Waals surface area contributed by atoms with Crippen LogP contribution >= 0.6 is 0 Å². The second kappa shape index (κ2) is 3.81. The molecular weight excluding hydrogens is 252 g/mol. The summed E-state index contributed by atoms with van der Waals surface area (Å²) in [5.41, 5.74) is 4.57. The van der Waals surface area contributed by atoms with Gasteiger partial charge in [0, 0.05) is 5.92 Å². The summed E-state index contributed by atoms with van der Waals surface area (Å²) in [6.07, 6.45) is 0. The molecule has 0 unspecified atom stereocenters. The maximum Gasteiger partial charge on any atom is 0.0782 e. The summed E-state index contributed by atoms with van der Waals surface area (Å²) < 4.78 is 5.71. The number of benzene rings is 1. The summed E-state index contributed by atoms with van der Waals surface area (Å²) >= 11 is 0. The quantitative estimate of drug-likeness (QED) is 0.662. The Balaban J connectivity index is 2.22. The van der Waals surface area contributed by atoms with Gasteiger partial charge in [-0.25, -0.2) is 0 Å². The molecule has 0 spiro atoms. The van der Waals surface area contributed by atoms with Gasteiger partial charge in [-0.05, 0) is 11.1 Å². The minimum absolute atomic E-state index is 0.578. The Morgan fingerprint density at radius 3 is 2.33 bits per heavy atom. The van der Waals surface area contributed by atoms with Crippen LogP contribution in [0.5, 0.6) is 0 Å². The molecule has 0 N–H and O–H groups in total. The first-order valence-corrected chi connectivity index (χ1v) is 13.5. The van der Waals surface area contributed by atoms with Gasteiger partial charge in [0.05, 0.1) is 29.4 Å². The lowest BCUT2D eigenvalue weighted by Crippen LogP contribution is -2.45. The van der Waals surface area contributed by atoms with Crippen LogP contribution in [-0.4, -0.2) is 22.8 Å². The Kier molecular flexibility index (Phi) is 2.67. The fourth-order valence-corrected chi connectivity index (χ4v) is 19.2. The van der Waals surface area contributed by atoms with Crippen molar-refractivity contribution >= 4 is 26.5 Å². The van der Waals surface area contributed by atoms with Gasteiger partial charge in [-0.1, -0.05) is 61.3 Å². The van der Waals surface area contributed by atoms with E-state index in [0.29, 0.717) is 5.92 Å². The van der Waals surface area contributed by atoms with Gasteiger partial charge in [0.15, 0.2) is 0 Å². The largest absolute Gasteiger partial charge is 0.376 e. The van der Waals surface area contributed by atoms with Crippen molar-refractivity contribution in [1.82, 2.24) is 0 Å². The first-order valence-electron chi connectivity index (χ1n) is 7.07.